The van der Waals surface area contributed by atoms with Crippen LogP contribution in [0.4, 0.5) is 0 Å². The van der Waals surface area contributed by atoms with Crippen molar-refractivity contribution in [3.63, 3.8) is 0 Å². The van der Waals surface area contributed by atoms with E-state index in [4.69, 9.17) is 0 Å². The maximum atomic E-state index is 0. The Labute approximate surface area is 87.4 Å². The summed E-state index contributed by atoms with van der Waals surface area (Å²) in [7, 11) is 0. The number of rotatable bonds is 0. The van der Waals surface area contributed by atoms with Crippen molar-refractivity contribution >= 4 is 17.4 Å². The van der Waals surface area contributed by atoms with Crippen LogP contribution in [0.3, 0.4) is 0 Å². The maximum absolute atomic E-state index is 0. The molecule has 1 radical (unpaired) electrons. The van der Waals surface area contributed by atoms with Gasteiger partial charge in [-0.3, -0.25) is 0 Å². The van der Waals surface area contributed by atoms with E-state index >= 15 is 0 Å². The Hall–Kier alpha value is 2.88. The molecule has 0 aromatic carbocycles. The molecule has 0 aromatic rings. The molecular weight excluding hydrogens is 247 g/mol. The third kappa shape index (κ3) is 8.86. The molecule has 0 heterocycles. The average Bonchev–Trinajstić information content (AvgIpc) is 0. The molecule has 0 fully saturated rings. The summed E-state index contributed by atoms with van der Waals surface area (Å²) in [6.07, 6.45) is 0. The topological polar surface area (TPSA) is 0 Å². The van der Waals surface area contributed by atoms with Crippen molar-refractivity contribution < 1.29 is 71.7 Å². The third-order valence-corrected chi connectivity index (χ3v) is 0. The first-order chi connectivity index (χ1) is 0. The van der Waals surface area contributed by atoms with E-state index in [-0.39, 0.29) is 89.0 Å². The van der Waals surface area contributed by atoms with Gasteiger partial charge in [0.2, 0.25) is 0 Å². The molecule has 0 rings (SSSR count). The molecule has 0 nitrogen and oxygen atoms in total. The van der Waals surface area contributed by atoms with Crippen LogP contribution < -0.4 is 0 Å². The second-order valence-corrected chi connectivity index (χ2v) is 0. The van der Waals surface area contributed by atoms with Gasteiger partial charge in [-0.15, -0.1) is 0 Å². The van der Waals surface area contributed by atoms with Gasteiger partial charge in [0, 0.05) is 71.7 Å². The standard InChI is InChI=1S/Al.Y.2Zn.3H. The van der Waals surface area contributed by atoms with E-state index < -0.39 is 0 Å². The molecule has 0 saturated carbocycles. The molecule has 0 unspecified atom stereocenters. The molecule has 0 amide bonds. The summed E-state index contributed by atoms with van der Waals surface area (Å²) in [6.45, 7) is 0. The van der Waals surface area contributed by atoms with E-state index in [1.807, 2.05) is 0 Å². The Bertz CT molecular complexity index is 6.00. The summed E-state index contributed by atoms with van der Waals surface area (Å²) in [5.41, 5.74) is 0. The minimum absolute atomic E-state index is 0. The molecule has 4 heteroatoms. The van der Waals surface area contributed by atoms with E-state index in [0.717, 1.165) is 0 Å². The fraction of sp³-hybridized carbons (Fsp3) is 0. The molecule has 13 valence electrons. The summed E-state index contributed by atoms with van der Waals surface area (Å²) >= 11 is 0. The van der Waals surface area contributed by atoms with E-state index in [9.17, 15) is 0 Å². The van der Waals surface area contributed by atoms with Gasteiger partial charge in [-0.25, -0.2) is 0 Å². The van der Waals surface area contributed by atoms with Gasteiger partial charge >= 0.3 is 0 Å². The first kappa shape index (κ1) is 28.7. The molecule has 0 atom stereocenters. The summed E-state index contributed by atoms with van der Waals surface area (Å²) in [4.78, 5) is 0. The predicted molar refractivity (Wildman–Crippen MR) is 9.94 cm³/mol. The maximum Gasteiger partial charge on any atom is 0.187 e. The molecule has 0 N–H and O–H groups in total. The Balaban J connectivity index is 0. The second kappa shape index (κ2) is 16.9. The number of hydrogen-bond donors (Lipinski definition) is 0. The fourth-order valence-electron chi connectivity index (χ4n) is 0. The van der Waals surface area contributed by atoms with Gasteiger partial charge in [0.1, 0.15) is 0 Å². The molecule has 0 bridgehead atoms. The largest absolute Gasteiger partial charge is 0.187 e. The Morgan fingerprint density at radius 3 is 0.750 bits per heavy atom. The van der Waals surface area contributed by atoms with Crippen LogP contribution in [0.2, 0.25) is 0 Å². The molecule has 0 aliphatic carbocycles. The minimum atomic E-state index is 0. The van der Waals surface area contributed by atoms with E-state index in [2.05, 4.69) is 0 Å². The smallest absolute Gasteiger partial charge is 0 e. The molecule has 0 aliphatic rings. The van der Waals surface area contributed by atoms with Crippen LogP contribution in [0.1, 0.15) is 0 Å². The first-order valence-electron chi connectivity index (χ1n) is 0. The van der Waals surface area contributed by atoms with Crippen molar-refractivity contribution in [3.05, 3.63) is 0 Å². The van der Waals surface area contributed by atoms with Crippen molar-refractivity contribution in [2.75, 3.05) is 0 Å². The second-order valence-electron chi connectivity index (χ2n) is 0. The van der Waals surface area contributed by atoms with Crippen LogP contribution >= 0.6 is 0 Å². The van der Waals surface area contributed by atoms with Crippen molar-refractivity contribution in [3.8, 4) is 0 Å². The van der Waals surface area contributed by atoms with E-state index in [1.54, 1.807) is 0 Å². The van der Waals surface area contributed by atoms with Gasteiger partial charge < -0.3 is 0 Å². The summed E-state index contributed by atoms with van der Waals surface area (Å²) in [5, 5.41) is 0. The van der Waals surface area contributed by atoms with E-state index in [1.165, 1.54) is 0 Å². The molecule has 4 heavy (non-hydrogen) atoms. The third-order valence-electron chi connectivity index (χ3n) is 0. The average molecular weight is 250 g/mol. The van der Waals surface area contributed by atoms with Gasteiger partial charge in [-0.2, -0.15) is 0 Å². The molecule has 0 spiro atoms. The van der Waals surface area contributed by atoms with E-state index in [0.29, 0.717) is 0 Å². The van der Waals surface area contributed by atoms with Crippen LogP contribution in [-0.2, 0) is 71.7 Å². The summed E-state index contributed by atoms with van der Waals surface area (Å²) in [5.74, 6) is 0. The Morgan fingerprint density at radius 1 is 0.750 bits per heavy atom. The molecule has 0 aliphatic heterocycles. The monoisotopic (exact) mass is 247 g/mol. The minimum Gasteiger partial charge on any atom is 0 e. The normalized spacial score (nSPS) is 0. The van der Waals surface area contributed by atoms with Crippen molar-refractivity contribution in [1.29, 1.82) is 0 Å². The molecular formula is H3AlYZn2. The zero-order valence-corrected chi connectivity index (χ0v) is 10.8. The van der Waals surface area contributed by atoms with Crippen molar-refractivity contribution in [2.24, 2.45) is 0 Å². The van der Waals surface area contributed by atoms with Crippen LogP contribution in [0.15, 0.2) is 0 Å². The van der Waals surface area contributed by atoms with Gasteiger partial charge in [0.15, 0.2) is 17.4 Å². The fourth-order valence-corrected chi connectivity index (χ4v) is 0. The zero-order valence-electron chi connectivity index (χ0n) is 1.99. The summed E-state index contributed by atoms with van der Waals surface area (Å²) < 4.78 is 0. The van der Waals surface area contributed by atoms with Gasteiger partial charge in [0.05, 0.1) is 0 Å². The Kier molecular flexibility index (Phi) is 121. The van der Waals surface area contributed by atoms with Crippen LogP contribution in [-0.4, -0.2) is 17.4 Å². The number of hydrogen-bond acceptors (Lipinski definition) is 0. The Morgan fingerprint density at radius 2 is 0.750 bits per heavy atom. The first-order valence-corrected chi connectivity index (χ1v) is 0. The zero-order chi connectivity index (χ0) is 0. The van der Waals surface area contributed by atoms with Gasteiger partial charge in [-0.1, -0.05) is 0 Å². The van der Waals surface area contributed by atoms with Crippen LogP contribution in [0.25, 0.3) is 0 Å². The van der Waals surface area contributed by atoms with Gasteiger partial charge in [-0.05, 0) is 0 Å². The molecule has 0 aromatic heterocycles. The van der Waals surface area contributed by atoms with Crippen molar-refractivity contribution in [1.82, 2.24) is 0 Å². The quantitative estimate of drug-likeness (QED) is 0.474. The summed E-state index contributed by atoms with van der Waals surface area (Å²) in [6, 6.07) is 0. The molecule has 0 saturated heterocycles. The SMILES string of the molecule is [AlH3].[Y].[Zn].[Zn]. The van der Waals surface area contributed by atoms with Crippen LogP contribution in [0.5, 0.6) is 0 Å². The predicted octanol–water partition coefficient (Wildman–Crippen LogP) is -1.19. The van der Waals surface area contributed by atoms with Crippen LogP contribution in [0, 0.1) is 0 Å². The van der Waals surface area contributed by atoms with Crippen molar-refractivity contribution in [2.45, 2.75) is 0 Å². The van der Waals surface area contributed by atoms with Gasteiger partial charge in [0.25, 0.3) is 0 Å².